The SMILES string of the molecule is CC(=O)O[C@@H]1/C2=C/C(=O)OC[C@@]34CC[C@](C)(O)[C@H]5C[C@]6(O)[C@@H](C[C@@H](OC(=O)/C=C\CC[C@]1(C(C)=O)OCC2)[C@]36C)O[C@H]54. The van der Waals surface area contributed by atoms with Gasteiger partial charge < -0.3 is 33.9 Å². The van der Waals surface area contributed by atoms with E-state index in [9.17, 15) is 29.4 Å². The van der Waals surface area contributed by atoms with E-state index in [0.717, 1.165) is 0 Å². The molecule has 11 heteroatoms. The van der Waals surface area contributed by atoms with Gasteiger partial charge in [-0.15, -0.1) is 0 Å². The predicted octanol–water partition coefficient (Wildman–Crippen LogP) is 1.86. The van der Waals surface area contributed by atoms with E-state index in [4.69, 9.17) is 23.7 Å². The normalized spacial score (nSPS) is 50.1. The molecule has 8 bridgehead atoms. The monoisotopic (exact) mass is 588 g/mol. The molecular weight excluding hydrogens is 548 g/mol. The number of aliphatic hydroxyl groups is 2. The van der Waals surface area contributed by atoms with Gasteiger partial charge >= 0.3 is 17.9 Å². The average molecular weight is 589 g/mol. The first kappa shape index (κ1) is 29.5. The highest BCUT2D eigenvalue weighted by Gasteiger charge is 2.83. The van der Waals surface area contributed by atoms with Gasteiger partial charge in [-0.05, 0) is 57.9 Å². The lowest BCUT2D eigenvalue weighted by Gasteiger charge is -2.71. The highest BCUT2D eigenvalue weighted by atomic mass is 16.6. The Morgan fingerprint density at radius 2 is 1.81 bits per heavy atom. The number of ether oxygens (including phenoxy) is 5. The van der Waals surface area contributed by atoms with Gasteiger partial charge in [0.2, 0.25) is 0 Å². The van der Waals surface area contributed by atoms with Crippen LogP contribution >= 0.6 is 0 Å². The molecule has 0 aromatic heterocycles. The zero-order valence-electron chi connectivity index (χ0n) is 24.6. The Morgan fingerprint density at radius 1 is 1.05 bits per heavy atom. The Labute approximate surface area is 244 Å². The Morgan fingerprint density at radius 3 is 2.52 bits per heavy atom. The van der Waals surface area contributed by atoms with E-state index in [1.165, 1.54) is 26.0 Å². The summed E-state index contributed by atoms with van der Waals surface area (Å²) in [5.74, 6) is -2.72. The molecule has 4 aliphatic heterocycles. The first-order chi connectivity index (χ1) is 19.7. The summed E-state index contributed by atoms with van der Waals surface area (Å²) in [5, 5.41) is 23.6. The molecule has 11 nitrogen and oxygen atoms in total. The van der Waals surface area contributed by atoms with Crippen LogP contribution in [-0.4, -0.2) is 88.3 Å². The lowest BCUT2D eigenvalue weighted by molar-refractivity contribution is -0.377. The minimum Gasteiger partial charge on any atom is -0.462 e. The highest BCUT2D eigenvalue weighted by Crippen LogP contribution is 2.74. The van der Waals surface area contributed by atoms with Crippen molar-refractivity contribution in [2.75, 3.05) is 13.2 Å². The van der Waals surface area contributed by atoms with Crippen LogP contribution < -0.4 is 0 Å². The smallest absolute Gasteiger partial charge is 0.330 e. The zero-order valence-corrected chi connectivity index (χ0v) is 24.6. The van der Waals surface area contributed by atoms with E-state index in [1.54, 1.807) is 13.0 Å². The maximum Gasteiger partial charge on any atom is 0.330 e. The molecule has 1 spiro atoms. The molecule has 0 radical (unpaired) electrons. The third-order valence-electron chi connectivity index (χ3n) is 11.5. The molecule has 230 valence electrons. The summed E-state index contributed by atoms with van der Waals surface area (Å²) < 4.78 is 30.0. The quantitative estimate of drug-likeness (QED) is 0.359. The van der Waals surface area contributed by atoms with Crippen molar-refractivity contribution >= 4 is 23.7 Å². The molecule has 6 fully saturated rings. The molecule has 0 aromatic carbocycles. The lowest BCUT2D eigenvalue weighted by atomic mass is 9.40. The molecule has 10 atom stereocenters. The summed E-state index contributed by atoms with van der Waals surface area (Å²) in [5.41, 5.74) is -5.61. The van der Waals surface area contributed by atoms with Gasteiger partial charge in [0.25, 0.3) is 0 Å². The summed E-state index contributed by atoms with van der Waals surface area (Å²) in [6.07, 6.45) is 3.06. The Kier molecular flexibility index (Phi) is 6.81. The van der Waals surface area contributed by atoms with E-state index in [-0.39, 0.29) is 51.1 Å². The van der Waals surface area contributed by atoms with Crippen LogP contribution in [0.5, 0.6) is 0 Å². The van der Waals surface area contributed by atoms with Crippen molar-refractivity contribution in [2.45, 2.75) is 114 Å². The fraction of sp³-hybridized carbons (Fsp3) is 0.742. The number of Topliss-reactive ketones (excluding diaryl/α,β-unsaturated/α-hetero) is 1. The van der Waals surface area contributed by atoms with Crippen molar-refractivity contribution in [2.24, 2.45) is 16.7 Å². The van der Waals surface area contributed by atoms with Crippen molar-refractivity contribution in [3.63, 3.8) is 0 Å². The number of carbonyl (C=O) groups excluding carboxylic acids is 4. The van der Waals surface area contributed by atoms with Gasteiger partial charge in [-0.25, -0.2) is 9.59 Å². The van der Waals surface area contributed by atoms with Gasteiger partial charge in [-0.1, -0.05) is 13.0 Å². The summed E-state index contributed by atoms with van der Waals surface area (Å²) in [7, 11) is 0. The number of ketones is 1. The van der Waals surface area contributed by atoms with Gasteiger partial charge in [0.05, 0.1) is 24.4 Å². The van der Waals surface area contributed by atoms with Crippen LogP contribution in [0.1, 0.15) is 72.6 Å². The molecule has 3 saturated heterocycles. The third kappa shape index (κ3) is 3.92. The predicted molar refractivity (Wildman–Crippen MR) is 144 cm³/mol. The van der Waals surface area contributed by atoms with E-state index >= 15 is 0 Å². The summed E-state index contributed by atoms with van der Waals surface area (Å²) in [4.78, 5) is 51.7. The number of rotatable bonds is 2. The fourth-order valence-corrected chi connectivity index (χ4v) is 9.16. The molecule has 4 heterocycles. The number of carbonyl (C=O) groups is 4. The second-order valence-electron chi connectivity index (χ2n) is 13.5. The van der Waals surface area contributed by atoms with Crippen LogP contribution in [0.25, 0.3) is 0 Å². The van der Waals surface area contributed by atoms with Crippen molar-refractivity contribution in [1.29, 1.82) is 0 Å². The minimum absolute atomic E-state index is 0.0966. The number of allylic oxidation sites excluding steroid dienone is 1. The molecule has 3 saturated carbocycles. The van der Waals surface area contributed by atoms with E-state index in [0.29, 0.717) is 18.4 Å². The van der Waals surface area contributed by atoms with E-state index in [2.05, 4.69) is 0 Å². The molecule has 7 rings (SSSR count). The lowest BCUT2D eigenvalue weighted by Crippen LogP contribution is -2.80. The first-order valence-electron chi connectivity index (χ1n) is 14.9. The molecular formula is C31H40O11. The number of cyclic esters (lactones) is 1. The van der Waals surface area contributed by atoms with Gasteiger partial charge in [0, 0.05) is 42.2 Å². The first-order valence-corrected chi connectivity index (χ1v) is 14.9. The summed E-state index contributed by atoms with van der Waals surface area (Å²) in [6, 6.07) is 0. The molecule has 7 aliphatic rings. The number of hydrogen-bond donors (Lipinski definition) is 2. The third-order valence-corrected chi connectivity index (χ3v) is 11.5. The largest absolute Gasteiger partial charge is 0.462 e. The number of hydrogen-bond acceptors (Lipinski definition) is 11. The summed E-state index contributed by atoms with van der Waals surface area (Å²) >= 11 is 0. The topological polar surface area (TPSA) is 155 Å². The summed E-state index contributed by atoms with van der Waals surface area (Å²) in [6.45, 7) is 6.19. The molecule has 3 aliphatic carbocycles. The average Bonchev–Trinajstić information content (AvgIpc) is 3.06. The van der Waals surface area contributed by atoms with Crippen LogP contribution in [0, 0.1) is 16.7 Å². The number of esters is 3. The maximum absolute atomic E-state index is 13.5. The van der Waals surface area contributed by atoms with Crippen LogP contribution in [0.15, 0.2) is 23.8 Å². The van der Waals surface area contributed by atoms with Crippen LogP contribution in [0.3, 0.4) is 0 Å². The molecule has 0 amide bonds. The van der Waals surface area contributed by atoms with Crippen molar-refractivity contribution in [1.82, 2.24) is 0 Å². The minimum atomic E-state index is -1.54. The van der Waals surface area contributed by atoms with E-state index < -0.39 is 75.9 Å². The van der Waals surface area contributed by atoms with Crippen molar-refractivity contribution in [3.8, 4) is 0 Å². The Bertz CT molecular complexity index is 1270. The van der Waals surface area contributed by atoms with Gasteiger partial charge in [0.1, 0.15) is 18.3 Å². The van der Waals surface area contributed by atoms with Crippen molar-refractivity contribution < 1.29 is 53.1 Å². The standard InChI is InChI=1S/C31H40O11/c1-17(32)30-9-6-5-7-23(34)41-21-14-22-31(37)15-20-26(42-22)29(28(21,31)4,11-10-27(20,3)36)16-38-24(35)13-19(8-12-39-30)25(30)40-18(2)33/h5,7,13,20-22,25-26,36-37H,6,8-12,14-16H2,1-4H3/b7-5-,19-13+/t20-,21+,22+,25+,26+,27-,28+,29+,30+,31-/m0/s1. The fourth-order valence-electron chi connectivity index (χ4n) is 9.16. The zero-order chi connectivity index (χ0) is 30.3. The van der Waals surface area contributed by atoms with Crippen LogP contribution in [-0.2, 0) is 42.9 Å². The van der Waals surface area contributed by atoms with Crippen LogP contribution in [0.2, 0.25) is 0 Å². The molecule has 42 heavy (non-hydrogen) atoms. The Balaban J connectivity index is 1.43. The van der Waals surface area contributed by atoms with Crippen molar-refractivity contribution in [3.05, 3.63) is 23.8 Å². The second kappa shape index (κ2) is 9.70. The molecule has 2 N–H and O–H groups in total. The molecule has 0 unspecified atom stereocenters. The maximum atomic E-state index is 13.5. The van der Waals surface area contributed by atoms with E-state index in [1.807, 2.05) is 6.92 Å². The van der Waals surface area contributed by atoms with Gasteiger partial charge in [0.15, 0.2) is 17.5 Å². The van der Waals surface area contributed by atoms with Gasteiger partial charge in [-0.2, -0.15) is 0 Å². The molecule has 0 aromatic rings. The number of fused-ring (bicyclic) bond motifs is 2. The van der Waals surface area contributed by atoms with Gasteiger partial charge in [-0.3, -0.25) is 9.59 Å². The second-order valence-corrected chi connectivity index (χ2v) is 13.5. The highest BCUT2D eigenvalue weighted by molar-refractivity contribution is 5.89. The Hall–Kier alpha value is -2.60. The van der Waals surface area contributed by atoms with Crippen LogP contribution in [0.4, 0.5) is 0 Å².